The number of nitrogens with zero attached hydrogens (tertiary/aromatic N) is 2. The lowest BCUT2D eigenvalue weighted by Gasteiger charge is -2.04. The van der Waals surface area contributed by atoms with Gasteiger partial charge in [-0.3, -0.25) is 4.79 Å². The van der Waals surface area contributed by atoms with E-state index >= 15 is 0 Å². The first kappa shape index (κ1) is 12.2. The zero-order valence-electron chi connectivity index (χ0n) is 9.85. The van der Waals surface area contributed by atoms with E-state index in [1.807, 2.05) is 0 Å². The van der Waals surface area contributed by atoms with Crippen molar-refractivity contribution in [3.8, 4) is 11.1 Å². The number of anilines is 1. The third-order valence-electron chi connectivity index (χ3n) is 2.33. The Bertz CT molecular complexity index is 554. The molecule has 1 aromatic carbocycles. The van der Waals surface area contributed by atoms with Gasteiger partial charge in [0, 0.05) is 23.5 Å². The fourth-order valence-electron chi connectivity index (χ4n) is 1.46. The SMILES string of the molecule is CC(=O)CNc1ncc(-c2ccccc2F)cn1. The molecule has 5 heteroatoms. The lowest BCUT2D eigenvalue weighted by molar-refractivity contribution is -0.115. The van der Waals surface area contributed by atoms with Gasteiger partial charge in [-0.1, -0.05) is 18.2 Å². The Labute approximate surface area is 104 Å². The summed E-state index contributed by atoms with van der Waals surface area (Å²) in [5, 5.41) is 2.77. The van der Waals surface area contributed by atoms with E-state index in [0.717, 1.165) is 0 Å². The number of hydrogen-bond donors (Lipinski definition) is 1. The fraction of sp³-hybridized carbons (Fsp3) is 0.154. The minimum Gasteiger partial charge on any atom is -0.347 e. The van der Waals surface area contributed by atoms with Gasteiger partial charge in [0.25, 0.3) is 0 Å². The predicted molar refractivity (Wildman–Crippen MR) is 66.6 cm³/mol. The van der Waals surface area contributed by atoms with E-state index < -0.39 is 0 Å². The molecule has 92 valence electrons. The minimum atomic E-state index is -0.314. The van der Waals surface area contributed by atoms with Crippen LogP contribution in [0.4, 0.5) is 10.3 Å². The first-order valence-corrected chi connectivity index (χ1v) is 5.47. The van der Waals surface area contributed by atoms with Gasteiger partial charge in [-0.2, -0.15) is 0 Å². The number of ketones is 1. The van der Waals surface area contributed by atoms with Gasteiger partial charge in [0.15, 0.2) is 0 Å². The molecule has 0 spiro atoms. The van der Waals surface area contributed by atoms with E-state index in [9.17, 15) is 9.18 Å². The molecular weight excluding hydrogens is 233 g/mol. The number of hydrogen-bond acceptors (Lipinski definition) is 4. The molecule has 1 N–H and O–H groups in total. The maximum Gasteiger partial charge on any atom is 0.222 e. The van der Waals surface area contributed by atoms with Gasteiger partial charge >= 0.3 is 0 Å². The molecule has 0 aliphatic carbocycles. The fourth-order valence-corrected chi connectivity index (χ4v) is 1.46. The van der Waals surface area contributed by atoms with Crippen molar-refractivity contribution in [2.45, 2.75) is 6.92 Å². The van der Waals surface area contributed by atoms with Crippen molar-refractivity contribution in [2.24, 2.45) is 0 Å². The molecule has 0 amide bonds. The summed E-state index contributed by atoms with van der Waals surface area (Å²) in [5.74, 6) is 0.0348. The number of benzene rings is 1. The summed E-state index contributed by atoms with van der Waals surface area (Å²) in [6.07, 6.45) is 3.04. The molecule has 0 saturated heterocycles. The topological polar surface area (TPSA) is 54.9 Å². The number of carbonyl (C=O) groups is 1. The third-order valence-corrected chi connectivity index (χ3v) is 2.33. The van der Waals surface area contributed by atoms with Gasteiger partial charge < -0.3 is 5.32 Å². The quantitative estimate of drug-likeness (QED) is 0.897. The Balaban J connectivity index is 2.17. The van der Waals surface area contributed by atoms with E-state index in [0.29, 0.717) is 17.1 Å². The number of nitrogens with one attached hydrogen (secondary N) is 1. The van der Waals surface area contributed by atoms with Crippen molar-refractivity contribution in [1.82, 2.24) is 9.97 Å². The lowest BCUT2D eigenvalue weighted by Crippen LogP contribution is -2.11. The van der Waals surface area contributed by atoms with E-state index in [1.165, 1.54) is 25.4 Å². The second-order valence-corrected chi connectivity index (χ2v) is 3.83. The molecule has 2 rings (SSSR count). The Morgan fingerprint density at radius 3 is 2.56 bits per heavy atom. The van der Waals surface area contributed by atoms with Gasteiger partial charge in [0.05, 0.1) is 6.54 Å². The number of carbonyl (C=O) groups excluding carboxylic acids is 1. The Kier molecular flexibility index (Phi) is 3.62. The van der Waals surface area contributed by atoms with Crippen LogP contribution in [0.5, 0.6) is 0 Å². The largest absolute Gasteiger partial charge is 0.347 e. The normalized spacial score (nSPS) is 10.1. The van der Waals surface area contributed by atoms with Crippen LogP contribution in [0.2, 0.25) is 0 Å². The Morgan fingerprint density at radius 2 is 1.94 bits per heavy atom. The number of rotatable bonds is 4. The standard InChI is InChI=1S/C13H12FN3O/c1-9(18)6-15-13-16-7-10(8-17-13)11-4-2-3-5-12(11)14/h2-5,7-8H,6H2,1H3,(H,15,16,17). The summed E-state index contributed by atoms with van der Waals surface area (Å²) in [4.78, 5) is 18.8. The van der Waals surface area contributed by atoms with Crippen LogP contribution in [-0.4, -0.2) is 22.3 Å². The highest BCUT2D eigenvalue weighted by molar-refractivity contribution is 5.79. The lowest BCUT2D eigenvalue weighted by atomic mass is 10.1. The Morgan fingerprint density at radius 1 is 1.28 bits per heavy atom. The van der Waals surface area contributed by atoms with E-state index in [-0.39, 0.29) is 18.1 Å². The highest BCUT2D eigenvalue weighted by Gasteiger charge is 2.05. The number of aromatic nitrogens is 2. The monoisotopic (exact) mass is 245 g/mol. The van der Waals surface area contributed by atoms with Crippen molar-refractivity contribution in [2.75, 3.05) is 11.9 Å². The van der Waals surface area contributed by atoms with Crippen LogP contribution >= 0.6 is 0 Å². The molecule has 0 atom stereocenters. The van der Waals surface area contributed by atoms with Crippen LogP contribution in [-0.2, 0) is 4.79 Å². The van der Waals surface area contributed by atoms with Crippen molar-refractivity contribution in [3.63, 3.8) is 0 Å². The van der Waals surface area contributed by atoms with Gasteiger partial charge in [-0.15, -0.1) is 0 Å². The molecule has 0 fully saturated rings. The average Bonchev–Trinajstić information content (AvgIpc) is 2.38. The van der Waals surface area contributed by atoms with Crippen molar-refractivity contribution < 1.29 is 9.18 Å². The van der Waals surface area contributed by atoms with Crippen molar-refractivity contribution in [3.05, 3.63) is 42.5 Å². The molecule has 18 heavy (non-hydrogen) atoms. The molecule has 4 nitrogen and oxygen atoms in total. The molecule has 1 aromatic heterocycles. The van der Waals surface area contributed by atoms with Crippen molar-refractivity contribution in [1.29, 1.82) is 0 Å². The summed E-state index contributed by atoms with van der Waals surface area (Å²) in [7, 11) is 0. The van der Waals surface area contributed by atoms with Gasteiger partial charge in [-0.25, -0.2) is 14.4 Å². The van der Waals surface area contributed by atoms with Crippen LogP contribution in [0.3, 0.4) is 0 Å². The van der Waals surface area contributed by atoms with Crippen LogP contribution in [0.1, 0.15) is 6.92 Å². The van der Waals surface area contributed by atoms with Crippen molar-refractivity contribution >= 4 is 11.7 Å². The first-order chi connectivity index (χ1) is 8.66. The smallest absolute Gasteiger partial charge is 0.222 e. The van der Waals surface area contributed by atoms with Gasteiger partial charge in [0.2, 0.25) is 5.95 Å². The highest BCUT2D eigenvalue weighted by atomic mass is 19.1. The second-order valence-electron chi connectivity index (χ2n) is 3.83. The van der Waals surface area contributed by atoms with E-state index in [1.54, 1.807) is 18.2 Å². The second kappa shape index (κ2) is 5.35. The predicted octanol–water partition coefficient (Wildman–Crippen LogP) is 2.28. The van der Waals surface area contributed by atoms with Crippen LogP contribution in [0, 0.1) is 5.82 Å². The molecular formula is C13H12FN3O. The maximum atomic E-state index is 13.5. The summed E-state index contributed by atoms with van der Waals surface area (Å²) in [6.45, 7) is 1.65. The number of halogens is 1. The molecule has 0 aliphatic rings. The molecule has 0 unspecified atom stereocenters. The molecule has 0 radical (unpaired) electrons. The summed E-state index contributed by atoms with van der Waals surface area (Å²) in [5.41, 5.74) is 1.05. The minimum absolute atomic E-state index is 0.00298. The average molecular weight is 245 g/mol. The molecule has 0 bridgehead atoms. The first-order valence-electron chi connectivity index (χ1n) is 5.47. The van der Waals surface area contributed by atoms with Gasteiger partial charge in [0.1, 0.15) is 11.6 Å². The van der Waals surface area contributed by atoms with Crippen LogP contribution in [0.15, 0.2) is 36.7 Å². The third kappa shape index (κ3) is 2.88. The zero-order valence-corrected chi connectivity index (χ0v) is 9.85. The Hall–Kier alpha value is -2.30. The maximum absolute atomic E-state index is 13.5. The molecule has 0 aliphatic heterocycles. The zero-order chi connectivity index (χ0) is 13.0. The van der Waals surface area contributed by atoms with E-state index in [4.69, 9.17) is 0 Å². The molecule has 2 aromatic rings. The van der Waals surface area contributed by atoms with Crippen LogP contribution < -0.4 is 5.32 Å². The summed E-state index contributed by atoms with van der Waals surface area (Å²) in [6, 6.07) is 6.43. The summed E-state index contributed by atoms with van der Waals surface area (Å²) >= 11 is 0. The highest BCUT2D eigenvalue weighted by Crippen LogP contribution is 2.21. The van der Waals surface area contributed by atoms with E-state index in [2.05, 4.69) is 15.3 Å². The molecule has 0 saturated carbocycles. The molecule has 1 heterocycles. The van der Waals surface area contributed by atoms with Crippen LogP contribution in [0.25, 0.3) is 11.1 Å². The van der Waals surface area contributed by atoms with Gasteiger partial charge in [-0.05, 0) is 13.0 Å². The summed E-state index contributed by atoms with van der Waals surface area (Å²) < 4.78 is 13.5. The number of Topliss-reactive ketones (excluding diaryl/α,β-unsaturated/α-hetero) is 1.